The highest BCUT2D eigenvalue weighted by Crippen LogP contribution is 2.14. The number of para-hydroxylation sites is 1. The van der Waals surface area contributed by atoms with Crippen LogP contribution in [0.4, 0.5) is 5.69 Å². The monoisotopic (exact) mass is 263 g/mol. The van der Waals surface area contributed by atoms with Crippen LogP contribution in [0.15, 0.2) is 24.3 Å². The molecular formula is C14H21N3O2. The number of nitrogen functional groups attached to an aromatic ring is 1. The second-order valence-electron chi connectivity index (χ2n) is 4.71. The van der Waals surface area contributed by atoms with Crippen molar-refractivity contribution in [2.75, 3.05) is 52.2 Å². The average Bonchev–Trinajstić information content (AvgIpc) is 2.45. The second kappa shape index (κ2) is 6.54. The van der Waals surface area contributed by atoms with E-state index < -0.39 is 0 Å². The topological polar surface area (TPSA) is 58.8 Å². The van der Waals surface area contributed by atoms with Gasteiger partial charge in [-0.3, -0.25) is 9.69 Å². The molecule has 1 aliphatic heterocycles. The van der Waals surface area contributed by atoms with Crippen LogP contribution in [0.2, 0.25) is 0 Å². The number of hydrogen-bond acceptors (Lipinski definition) is 4. The van der Waals surface area contributed by atoms with Crippen LogP contribution in [0.1, 0.15) is 10.4 Å². The van der Waals surface area contributed by atoms with E-state index in [1.165, 1.54) is 0 Å². The first-order chi connectivity index (χ1) is 9.22. The first kappa shape index (κ1) is 13.8. The number of carbonyl (C=O) groups is 1. The predicted octanol–water partition coefficient (Wildman–Crippen LogP) is 0.673. The molecule has 104 valence electrons. The Balaban J connectivity index is 1.91. The van der Waals surface area contributed by atoms with Crippen LogP contribution < -0.4 is 5.73 Å². The van der Waals surface area contributed by atoms with E-state index in [9.17, 15) is 4.79 Å². The van der Waals surface area contributed by atoms with Crippen molar-refractivity contribution in [2.45, 2.75) is 0 Å². The summed E-state index contributed by atoms with van der Waals surface area (Å²) in [5.41, 5.74) is 7.00. The number of nitrogens with zero attached hydrogens (tertiary/aromatic N) is 2. The van der Waals surface area contributed by atoms with Gasteiger partial charge in [0.25, 0.3) is 5.91 Å². The van der Waals surface area contributed by atoms with Crippen molar-refractivity contribution in [1.29, 1.82) is 0 Å². The van der Waals surface area contributed by atoms with E-state index in [1.54, 1.807) is 19.2 Å². The maximum absolute atomic E-state index is 12.3. The second-order valence-corrected chi connectivity index (χ2v) is 4.71. The van der Waals surface area contributed by atoms with Gasteiger partial charge in [0.1, 0.15) is 0 Å². The third kappa shape index (κ3) is 3.45. The van der Waals surface area contributed by atoms with E-state index in [1.807, 2.05) is 17.0 Å². The molecule has 5 heteroatoms. The van der Waals surface area contributed by atoms with Gasteiger partial charge in [0.2, 0.25) is 0 Å². The molecule has 1 fully saturated rings. The summed E-state index contributed by atoms with van der Waals surface area (Å²) in [4.78, 5) is 16.5. The molecule has 1 aromatic rings. The number of nitrogens with two attached hydrogens (primary N) is 1. The van der Waals surface area contributed by atoms with Gasteiger partial charge < -0.3 is 15.4 Å². The highest BCUT2D eigenvalue weighted by atomic mass is 16.5. The fourth-order valence-electron chi connectivity index (χ4n) is 2.26. The van der Waals surface area contributed by atoms with E-state index in [0.717, 1.165) is 39.3 Å². The number of anilines is 1. The third-order valence-corrected chi connectivity index (χ3v) is 3.46. The van der Waals surface area contributed by atoms with Crippen molar-refractivity contribution < 1.29 is 9.53 Å². The summed E-state index contributed by atoms with van der Waals surface area (Å²) in [6.07, 6.45) is 0. The van der Waals surface area contributed by atoms with Gasteiger partial charge in [-0.05, 0) is 12.1 Å². The number of hydrogen-bond donors (Lipinski definition) is 1. The van der Waals surface area contributed by atoms with Crippen LogP contribution in [0.3, 0.4) is 0 Å². The Morgan fingerprint density at radius 2 is 1.95 bits per heavy atom. The van der Waals surface area contributed by atoms with Gasteiger partial charge in [-0.2, -0.15) is 0 Å². The first-order valence-corrected chi connectivity index (χ1v) is 6.57. The Morgan fingerprint density at radius 1 is 1.26 bits per heavy atom. The molecular weight excluding hydrogens is 242 g/mol. The summed E-state index contributed by atoms with van der Waals surface area (Å²) in [6.45, 7) is 4.93. The molecule has 2 N–H and O–H groups in total. The summed E-state index contributed by atoms with van der Waals surface area (Å²) in [5, 5.41) is 0. The van der Waals surface area contributed by atoms with Gasteiger partial charge in [-0.25, -0.2) is 0 Å². The zero-order valence-corrected chi connectivity index (χ0v) is 11.3. The lowest BCUT2D eigenvalue weighted by atomic mass is 10.1. The maximum Gasteiger partial charge on any atom is 0.256 e. The molecule has 0 radical (unpaired) electrons. The van der Waals surface area contributed by atoms with Crippen molar-refractivity contribution in [3.8, 4) is 0 Å². The number of benzene rings is 1. The van der Waals surface area contributed by atoms with Crippen LogP contribution >= 0.6 is 0 Å². The van der Waals surface area contributed by atoms with Crippen LogP contribution in [0, 0.1) is 0 Å². The van der Waals surface area contributed by atoms with Gasteiger partial charge in [0.15, 0.2) is 0 Å². The highest BCUT2D eigenvalue weighted by molar-refractivity contribution is 5.99. The largest absolute Gasteiger partial charge is 0.398 e. The van der Waals surface area contributed by atoms with Gasteiger partial charge in [0.05, 0.1) is 12.2 Å². The molecule has 19 heavy (non-hydrogen) atoms. The molecule has 0 aromatic heterocycles. The minimum atomic E-state index is 0.0319. The van der Waals surface area contributed by atoms with Gasteiger partial charge in [-0.15, -0.1) is 0 Å². The van der Waals surface area contributed by atoms with E-state index >= 15 is 0 Å². The summed E-state index contributed by atoms with van der Waals surface area (Å²) < 4.78 is 5.07. The average molecular weight is 263 g/mol. The zero-order chi connectivity index (χ0) is 13.7. The molecule has 1 amide bonds. The van der Waals surface area contributed by atoms with Crippen molar-refractivity contribution in [1.82, 2.24) is 9.80 Å². The number of piperazine rings is 1. The standard InChI is InChI=1S/C14H21N3O2/c1-19-11-10-16-6-8-17(9-7-16)14(18)12-4-2-3-5-13(12)15/h2-5H,6-11,15H2,1H3. The SMILES string of the molecule is COCCN1CCN(C(=O)c2ccccc2N)CC1. The maximum atomic E-state index is 12.3. The van der Waals surface area contributed by atoms with Crippen molar-refractivity contribution in [3.63, 3.8) is 0 Å². The normalized spacial score (nSPS) is 16.6. The highest BCUT2D eigenvalue weighted by Gasteiger charge is 2.22. The Bertz CT molecular complexity index is 428. The molecule has 1 aromatic carbocycles. The van der Waals surface area contributed by atoms with E-state index in [-0.39, 0.29) is 5.91 Å². The Labute approximate surface area is 113 Å². The third-order valence-electron chi connectivity index (χ3n) is 3.46. The zero-order valence-electron chi connectivity index (χ0n) is 11.3. The summed E-state index contributed by atoms with van der Waals surface area (Å²) in [6, 6.07) is 7.24. The smallest absolute Gasteiger partial charge is 0.256 e. The molecule has 0 aliphatic carbocycles. The van der Waals surface area contributed by atoms with Crippen LogP contribution in [-0.4, -0.2) is 62.1 Å². The molecule has 0 atom stereocenters. The Morgan fingerprint density at radius 3 is 2.58 bits per heavy atom. The van der Waals surface area contributed by atoms with E-state index in [2.05, 4.69) is 4.90 Å². The number of carbonyl (C=O) groups excluding carboxylic acids is 1. The molecule has 5 nitrogen and oxygen atoms in total. The number of ether oxygens (including phenoxy) is 1. The molecule has 2 rings (SSSR count). The summed E-state index contributed by atoms with van der Waals surface area (Å²) in [5.74, 6) is 0.0319. The number of amides is 1. The fraction of sp³-hybridized carbons (Fsp3) is 0.500. The quantitative estimate of drug-likeness (QED) is 0.811. The van der Waals surface area contributed by atoms with Crippen LogP contribution in [-0.2, 0) is 4.74 Å². The van der Waals surface area contributed by atoms with Gasteiger partial charge >= 0.3 is 0 Å². The van der Waals surface area contributed by atoms with Crippen LogP contribution in [0.5, 0.6) is 0 Å². The van der Waals surface area contributed by atoms with Gasteiger partial charge in [-0.1, -0.05) is 12.1 Å². The van der Waals surface area contributed by atoms with Crippen molar-refractivity contribution >= 4 is 11.6 Å². The molecule has 0 unspecified atom stereocenters. The number of rotatable bonds is 4. The van der Waals surface area contributed by atoms with Gasteiger partial charge in [0, 0.05) is 45.5 Å². The summed E-state index contributed by atoms with van der Waals surface area (Å²) in [7, 11) is 1.71. The Kier molecular flexibility index (Phi) is 4.76. The first-order valence-electron chi connectivity index (χ1n) is 6.57. The van der Waals surface area contributed by atoms with Crippen molar-refractivity contribution in [2.24, 2.45) is 0 Å². The minimum absolute atomic E-state index is 0.0319. The lowest BCUT2D eigenvalue weighted by Gasteiger charge is -2.34. The Hall–Kier alpha value is -1.59. The summed E-state index contributed by atoms with van der Waals surface area (Å²) >= 11 is 0. The lowest BCUT2D eigenvalue weighted by molar-refractivity contribution is 0.0595. The molecule has 0 saturated carbocycles. The molecule has 1 saturated heterocycles. The molecule has 1 heterocycles. The van der Waals surface area contributed by atoms with Crippen molar-refractivity contribution in [3.05, 3.63) is 29.8 Å². The van der Waals surface area contributed by atoms with Crippen LogP contribution in [0.25, 0.3) is 0 Å². The fourth-order valence-corrected chi connectivity index (χ4v) is 2.26. The van der Waals surface area contributed by atoms with E-state index in [4.69, 9.17) is 10.5 Å². The molecule has 1 aliphatic rings. The molecule has 0 bridgehead atoms. The predicted molar refractivity (Wildman–Crippen MR) is 75.1 cm³/mol. The lowest BCUT2D eigenvalue weighted by Crippen LogP contribution is -2.49. The molecule has 0 spiro atoms. The minimum Gasteiger partial charge on any atom is -0.398 e. The van der Waals surface area contributed by atoms with E-state index in [0.29, 0.717) is 11.3 Å². The number of methoxy groups -OCH3 is 1.